The smallest absolute Gasteiger partial charge is 0.306 e. The lowest BCUT2D eigenvalue weighted by Gasteiger charge is -2.19. The molecule has 14 heteroatoms. The van der Waals surface area contributed by atoms with Crippen LogP contribution in [0.1, 0.15) is 38.1 Å². The molecule has 2 atom stereocenters. The fourth-order valence-corrected chi connectivity index (χ4v) is 7.16. The molecule has 0 saturated heterocycles. The Morgan fingerprint density at radius 2 is 1.47 bits per heavy atom. The summed E-state index contributed by atoms with van der Waals surface area (Å²) in [5.74, 6) is -1.07. The molecule has 12 nitrogen and oxygen atoms in total. The van der Waals surface area contributed by atoms with Crippen LogP contribution in [0.2, 0.25) is 10.0 Å². The highest BCUT2D eigenvalue weighted by molar-refractivity contribution is 6.39. The average Bonchev–Trinajstić information content (AvgIpc) is 3.73. The molecule has 0 aliphatic heterocycles. The number of carbonyl (C=O) groups is 2. The molecular weight excluding hydrogens is 743 g/mol. The second kappa shape index (κ2) is 18.8. The van der Waals surface area contributed by atoms with Gasteiger partial charge < -0.3 is 44.4 Å². The molecular formula is C41H48Cl2N6O6. The molecule has 0 aliphatic carbocycles. The molecule has 5 N–H and O–H groups in total. The van der Waals surface area contributed by atoms with Crippen LogP contribution in [0.25, 0.3) is 45.1 Å². The monoisotopic (exact) mass is 790 g/mol. The summed E-state index contributed by atoms with van der Waals surface area (Å²) in [6.07, 6.45) is 7.30. The van der Waals surface area contributed by atoms with Crippen molar-refractivity contribution in [1.82, 2.24) is 29.1 Å². The Morgan fingerprint density at radius 3 is 2.09 bits per heavy atom. The molecule has 0 spiro atoms. The standard InChI is InChI=1S/C41H48Cl2N6O6/c1-5-31(51)19-44-12-14-46(25-50)27(3)21-47-23-29(16-26(47)2)33-8-6-10-35(39(33)42)36-11-7-9-34(40(36)43)30-17-37-41(55)49(28(4)22-48(37)24-30)15-13-45-20-32(52)18-38(53)54/h6-11,16-17,21-25,31-32,44-45,51-52H,5,12-15,18-20H2,1-4H3,(H,53,54)/b27-21-. The second-order valence-corrected chi connectivity index (χ2v) is 14.4. The maximum atomic E-state index is 13.6. The summed E-state index contributed by atoms with van der Waals surface area (Å²) >= 11 is 14.3. The van der Waals surface area contributed by atoms with Crippen molar-refractivity contribution in [3.8, 4) is 33.4 Å². The number of aliphatic carboxylic acids is 1. The van der Waals surface area contributed by atoms with E-state index < -0.39 is 18.2 Å². The summed E-state index contributed by atoms with van der Waals surface area (Å²) in [4.78, 5) is 37.9. The Balaban J connectivity index is 1.37. The molecule has 0 fully saturated rings. The number of hydrogen-bond donors (Lipinski definition) is 5. The van der Waals surface area contributed by atoms with Crippen molar-refractivity contribution in [3.63, 3.8) is 0 Å². The van der Waals surface area contributed by atoms with Gasteiger partial charge in [-0.2, -0.15) is 0 Å². The summed E-state index contributed by atoms with van der Waals surface area (Å²) in [5, 5.41) is 35.7. The lowest BCUT2D eigenvalue weighted by Crippen LogP contribution is -2.34. The zero-order valence-corrected chi connectivity index (χ0v) is 32.9. The SMILES string of the molecule is CCC(O)CNCCN(C=O)/C(C)=C\n1cc(-c2cccc(-c3cccc(-c4cc5c(=O)n(CCNCC(O)CC(=O)O)c(C)cn5c4)c3Cl)c2Cl)cc1C. The quantitative estimate of drug-likeness (QED) is 0.0513. The lowest BCUT2D eigenvalue weighted by atomic mass is 9.97. The summed E-state index contributed by atoms with van der Waals surface area (Å²) in [7, 11) is 0. The largest absolute Gasteiger partial charge is 0.481 e. The first-order valence-corrected chi connectivity index (χ1v) is 19.0. The molecule has 3 heterocycles. The van der Waals surface area contributed by atoms with Crippen LogP contribution in [-0.4, -0.2) is 91.1 Å². The van der Waals surface area contributed by atoms with Crippen molar-refractivity contribution in [1.29, 1.82) is 0 Å². The summed E-state index contributed by atoms with van der Waals surface area (Å²) in [6, 6.07) is 15.4. The number of halogens is 2. The second-order valence-electron chi connectivity index (χ2n) is 13.7. The minimum atomic E-state index is -1.07. The van der Waals surface area contributed by atoms with Gasteiger partial charge in [0.05, 0.1) is 28.7 Å². The van der Waals surface area contributed by atoms with Gasteiger partial charge in [0.2, 0.25) is 6.41 Å². The minimum Gasteiger partial charge on any atom is -0.481 e. The van der Waals surface area contributed by atoms with Gasteiger partial charge in [-0.05, 0) is 39.3 Å². The normalized spacial score (nSPS) is 13.0. The third kappa shape index (κ3) is 9.95. The molecule has 0 radical (unpaired) electrons. The zero-order chi connectivity index (χ0) is 39.8. The predicted octanol–water partition coefficient (Wildman–Crippen LogP) is 5.89. The van der Waals surface area contributed by atoms with Crippen molar-refractivity contribution in [3.05, 3.63) is 105 Å². The van der Waals surface area contributed by atoms with E-state index in [1.807, 2.05) is 106 Å². The number of nitrogens with one attached hydrogen (secondary N) is 2. The van der Waals surface area contributed by atoms with Crippen molar-refractivity contribution in [2.75, 3.05) is 32.7 Å². The van der Waals surface area contributed by atoms with Crippen LogP contribution in [0.15, 0.2) is 77.6 Å². The van der Waals surface area contributed by atoms with E-state index in [1.165, 1.54) is 0 Å². The topological polar surface area (TPSA) is 153 Å². The Hall–Kier alpha value is -4.69. The van der Waals surface area contributed by atoms with Gasteiger partial charge in [-0.15, -0.1) is 0 Å². The number of fused-ring (bicyclic) bond motifs is 1. The summed E-state index contributed by atoms with van der Waals surface area (Å²) < 4.78 is 5.39. The maximum absolute atomic E-state index is 13.6. The van der Waals surface area contributed by atoms with Crippen LogP contribution in [0.5, 0.6) is 0 Å². The molecule has 5 rings (SSSR count). The van der Waals surface area contributed by atoms with Gasteiger partial charge in [-0.25, -0.2) is 0 Å². The number of amides is 1. The van der Waals surface area contributed by atoms with E-state index in [4.69, 9.17) is 28.3 Å². The first kappa shape index (κ1) is 41.5. The number of aliphatic hydroxyl groups excluding tert-OH is 2. The van der Waals surface area contributed by atoms with Crippen LogP contribution >= 0.6 is 23.2 Å². The molecule has 3 aromatic heterocycles. The predicted molar refractivity (Wildman–Crippen MR) is 218 cm³/mol. The van der Waals surface area contributed by atoms with Gasteiger partial charge in [-0.1, -0.05) is 66.5 Å². The molecule has 0 aliphatic rings. The van der Waals surface area contributed by atoms with Crippen LogP contribution < -0.4 is 16.2 Å². The molecule has 0 saturated carbocycles. The van der Waals surface area contributed by atoms with Crippen LogP contribution in [-0.2, 0) is 16.1 Å². The van der Waals surface area contributed by atoms with Gasteiger partial charge >= 0.3 is 5.97 Å². The van der Waals surface area contributed by atoms with Crippen molar-refractivity contribution >= 4 is 47.3 Å². The van der Waals surface area contributed by atoms with E-state index in [-0.39, 0.29) is 18.5 Å². The zero-order valence-electron chi connectivity index (χ0n) is 31.4. The highest BCUT2D eigenvalue weighted by Crippen LogP contribution is 2.43. The van der Waals surface area contributed by atoms with Gasteiger partial charge in [0.15, 0.2) is 0 Å². The summed E-state index contributed by atoms with van der Waals surface area (Å²) in [6.45, 7) is 9.93. The molecule has 292 valence electrons. The van der Waals surface area contributed by atoms with E-state index in [9.17, 15) is 24.6 Å². The Bertz CT molecular complexity index is 2240. The van der Waals surface area contributed by atoms with E-state index in [0.717, 1.165) is 56.9 Å². The number of benzene rings is 2. The molecule has 55 heavy (non-hydrogen) atoms. The average molecular weight is 792 g/mol. The minimum absolute atomic E-state index is 0.107. The van der Waals surface area contributed by atoms with Gasteiger partial charge in [0.25, 0.3) is 5.56 Å². The highest BCUT2D eigenvalue weighted by Gasteiger charge is 2.19. The van der Waals surface area contributed by atoms with Crippen molar-refractivity contribution < 1.29 is 24.9 Å². The Morgan fingerprint density at radius 1 is 0.873 bits per heavy atom. The van der Waals surface area contributed by atoms with E-state index in [0.29, 0.717) is 54.7 Å². The van der Waals surface area contributed by atoms with E-state index in [2.05, 4.69) is 10.6 Å². The lowest BCUT2D eigenvalue weighted by molar-refractivity contribution is -0.139. The number of rotatable bonds is 19. The number of nitrogens with zero attached hydrogens (tertiary/aromatic N) is 4. The van der Waals surface area contributed by atoms with Gasteiger partial charge in [0.1, 0.15) is 5.52 Å². The molecule has 2 aromatic carbocycles. The molecule has 2 unspecified atom stereocenters. The molecule has 5 aromatic rings. The number of aliphatic hydroxyl groups is 2. The number of carbonyl (C=O) groups excluding carboxylic acids is 1. The number of hydrogen-bond acceptors (Lipinski definition) is 7. The van der Waals surface area contributed by atoms with Crippen LogP contribution in [0, 0.1) is 13.8 Å². The number of carboxylic acid groups (broad SMARTS) is 1. The first-order chi connectivity index (χ1) is 26.3. The summed E-state index contributed by atoms with van der Waals surface area (Å²) in [5.41, 5.74) is 7.43. The Labute approximate surface area is 330 Å². The van der Waals surface area contributed by atoms with Crippen LogP contribution in [0.4, 0.5) is 0 Å². The van der Waals surface area contributed by atoms with E-state index >= 15 is 0 Å². The number of carboxylic acids is 1. The highest BCUT2D eigenvalue weighted by atomic mass is 35.5. The van der Waals surface area contributed by atoms with Crippen LogP contribution in [0.3, 0.4) is 0 Å². The van der Waals surface area contributed by atoms with Crippen molar-refractivity contribution in [2.45, 2.75) is 59.3 Å². The Kier molecular flexibility index (Phi) is 14.2. The van der Waals surface area contributed by atoms with Gasteiger partial charge in [0, 0.05) is 115 Å². The first-order valence-electron chi connectivity index (χ1n) is 18.2. The van der Waals surface area contributed by atoms with Gasteiger partial charge in [-0.3, -0.25) is 14.4 Å². The maximum Gasteiger partial charge on any atom is 0.306 e. The molecule has 1 amide bonds. The van der Waals surface area contributed by atoms with E-state index in [1.54, 1.807) is 13.9 Å². The van der Waals surface area contributed by atoms with Crippen molar-refractivity contribution in [2.24, 2.45) is 0 Å². The fourth-order valence-electron chi connectivity index (χ4n) is 6.49. The molecule has 0 bridgehead atoms. The number of aryl methyl sites for hydroxylation is 2. The number of aromatic nitrogens is 3. The fraction of sp³-hybridized carbons (Fsp3) is 0.341. The number of allylic oxidation sites excluding steroid dienone is 1. The third-order valence-corrected chi connectivity index (χ3v) is 10.4. The third-order valence-electron chi connectivity index (χ3n) is 9.61.